The normalized spacial score (nSPS) is 12.1. The maximum absolute atomic E-state index is 11.9. The summed E-state index contributed by atoms with van der Waals surface area (Å²) in [5.74, 6) is -1.70. The predicted octanol–water partition coefficient (Wildman–Crippen LogP) is 3.82. The maximum Gasteiger partial charge on any atom is 0.573 e. The van der Waals surface area contributed by atoms with Crippen molar-refractivity contribution in [3.8, 4) is 11.5 Å². The zero-order chi connectivity index (χ0) is 14.0. The lowest BCUT2D eigenvalue weighted by Gasteiger charge is -2.13. The van der Waals surface area contributed by atoms with E-state index in [-0.39, 0.29) is 5.56 Å². The Labute approximate surface area is 97.4 Å². The Morgan fingerprint density at radius 3 is 1.50 bits per heavy atom. The molecule has 0 saturated heterocycles. The second-order valence-corrected chi connectivity index (χ2v) is 2.97. The second kappa shape index (κ2) is 4.79. The van der Waals surface area contributed by atoms with Gasteiger partial charge in [0, 0.05) is 6.07 Å². The summed E-state index contributed by atoms with van der Waals surface area (Å²) in [5, 5.41) is 0. The van der Waals surface area contributed by atoms with Crippen molar-refractivity contribution in [2.75, 3.05) is 0 Å². The summed E-state index contributed by atoms with van der Waals surface area (Å²) in [6.07, 6.45) is -7.90. The molecule has 99 valence electrons. The van der Waals surface area contributed by atoms with E-state index in [9.17, 15) is 26.3 Å². The zero-order valence-electron chi connectivity index (χ0n) is 8.52. The summed E-state index contributed by atoms with van der Waals surface area (Å²) in [6.45, 7) is 3.11. The highest BCUT2D eigenvalue weighted by molar-refractivity contribution is 5.40. The Kier molecular flexibility index (Phi) is 3.78. The van der Waals surface area contributed by atoms with Crippen LogP contribution < -0.4 is 9.47 Å². The molecule has 1 aromatic carbocycles. The van der Waals surface area contributed by atoms with Gasteiger partial charge in [0.25, 0.3) is 0 Å². The fourth-order valence-electron chi connectivity index (χ4n) is 1.06. The van der Waals surface area contributed by atoms with Crippen LogP contribution in [0.15, 0.2) is 24.8 Å². The van der Waals surface area contributed by atoms with Crippen molar-refractivity contribution in [1.29, 1.82) is 0 Å². The first-order valence-electron chi connectivity index (χ1n) is 4.29. The van der Waals surface area contributed by atoms with E-state index in [1.807, 2.05) is 0 Å². The maximum atomic E-state index is 11.9. The van der Waals surface area contributed by atoms with Gasteiger partial charge in [0.15, 0.2) is 0 Å². The molecule has 0 amide bonds. The van der Waals surface area contributed by atoms with Gasteiger partial charge in [-0.1, -0.05) is 6.58 Å². The van der Waals surface area contributed by atoms with Gasteiger partial charge in [0.2, 0.25) is 0 Å². The van der Waals surface area contributed by atoms with Crippen LogP contribution in [0.1, 0.15) is 5.56 Å². The van der Waals surface area contributed by atoms with Gasteiger partial charge in [-0.3, -0.25) is 0 Å². The highest BCUT2D eigenvalue weighted by atomic mass is 19.4. The largest absolute Gasteiger partial charge is 0.573 e. The lowest BCUT2D eigenvalue weighted by atomic mass is 10.2. The van der Waals surface area contributed by atoms with Crippen molar-refractivity contribution in [2.45, 2.75) is 12.7 Å². The number of hydrogen-bond donors (Lipinski definition) is 0. The van der Waals surface area contributed by atoms with Crippen molar-refractivity contribution in [3.63, 3.8) is 0 Å². The van der Waals surface area contributed by atoms with E-state index in [1.165, 1.54) is 0 Å². The van der Waals surface area contributed by atoms with Gasteiger partial charge in [0.1, 0.15) is 11.5 Å². The third-order valence-electron chi connectivity index (χ3n) is 1.55. The summed E-state index contributed by atoms with van der Waals surface area (Å²) in [5.41, 5.74) is -0.129. The molecule has 0 bridgehead atoms. The zero-order valence-corrected chi connectivity index (χ0v) is 8.52. The Balaban J connectivity index is 3.05. The van der Waals surface area contributed by atoms with Gasteiger partial charge in [0.05, 0.1) is 0 Å². The molecule has 2 nitrogen and oxygen atoms in total. The Bertz CT molecular complexity index is 401. The molecule has 0 aliphatic carbocycles. The highest BCUT2D eigenvalue weighted by Gasteiger charge is 2.33. The van der Waals surface area contributed by atoms with Gasteiger partial charge in [-0.15, -0.1) is 26.3 Å². The smallest absolute Gasteiger partial charge is 0.406 e. The van der Waals surface area contributed by atoms with Crippen LogP contribution in [-0.2, 0) is 0 Å². The number of alkyl halides is 6. The van der Waals surface area contributed by atoms with Crippen molar-refractivity contribution in [3.05, 3.63) is 36.4 Å². The molecule has 0 aromatic heterocycles. The van der Waals surface area contributed by atoms with Crippen LogP contribution >= 0.6 is 0 Å². The molecule has 0 spiro atoms. The van der Waals surface area contributed by atoms with Crippen molar-refractivity contribution in [2.24, 2.45) is 0 Å². The van der Waals surface area contributed by atoms with Gasteiger partial charge in [-0.05, 0) is 23.8 Å². The van der Waals surface area contributed by atoms with Gasteiger partial charge in [-0.25, -0.2) is 0 Å². The van der Waals surface area contributed by atoms with Crippen LogP contribution in [0.3, 0.4) is 0 Å². The van der Waals surface area contributed by atoms with Crippen LogP contribution in [0, 0.1) is 6.08 Å². The van der Waals surface area contributed by atoms with Crippen LogP contribution in [0.5, 0.6) is 11.5 Å². The average molecular weight is 271 g/mol. The van der Waals surface area contributed by atoms with Crippen LogP contribution in [0.25, 0.3) is 0 Å². The molecule has 1 rings (SSSR count). The Hall–Kier alpha value is -1.86. The Morgan fingerprint density at radius 2 is 1.22 bits per heavy atom. The summed E-state index contributed by atoms with van der Waals surface area (Å²) in [6, 6.07) is 2.11. The van der Waals surface area contributed by atoms with Crippen LogP contribution in [0.4, 0.5) is 26.3 Å². The lowest BCUT2D eigenvalue weighted by Crippen LogP contribution is -2.19. The van der Waals surface area contributed by atoms with Crippen LogP contribution in [0.2, 0.25) is 0 Å². The third kappa shape index (κ3) is 4.98. The fraction of sp³-hybridized carbons (Fsp3) is 0.200. The molecular formula is C10H5F6O2. The van der Waals surface area contributed by atoms with E-state index in [4.69, 9.17) is 0 Å². The molecule has 8 heteroatoms. The van der Waals surface area contributed by atoms with Gasteiger partial charge in [-0.2, -0.15) is 0 Å². The molecule has 0 atom stereocenters. The number of benzene rings is 1. The highest BCUT2D eigenvalue weighted by Crippen LogP contribution is 2.31. The summed E-state index contributed by atoms with van der Waals surface area (Å²) in [4.78, 5) is 0. The molecule has 0 fully saturated rings. The van der Waals surface area contributed by atoms with E-state index in [2.05, 4.69) is 22.1 Å². The summed E-state index contributed by atoms with van der Waals surface area (Å²) >= 11 is 0. The molecular weight excluding hydrogens is 266 g/mol. The number of halogens is 6. The quantitative estimate of drug-likeness (QED) is 0.778. The van der Waals surface area contributed by atoms with E-state index < -0.39 is 24.2 Å². The lowest BCUT2D eigenvalue weighted by molar-refractivity contribution is -0.276. The molecule has 0 unspecified atom stereocenters. The molecule has 1 radical (unpaired) electrons. The second-order valence-electron chi connectivity index (χ2n) is 2.97. The first-order valence-corrected chi connectivity index (χ1v) is 4.29. The van der Waals surface area contributed by atoms with Gasteiger partial charge >= 0.3 is 12.7 Å². The minimum Gasteiger partial charge on any atom is -0.406 e. The summed E-state index contributed by atoms with van der Waals surface area (Å²) in [7, 11) is 0. The van der Waals surface area contributed by atoms with E-state index in [0.29, 0.717) is 6.07 Å². The molecule has 18 heavy (non-hydrogen) atoms. The van der Waals surface area contributed by atoms with E-state index >= 15 is 0 Å². The van der Waals surface area contributed by atoms with Crippen molar-refractivity contribution in [1.82, 2.24) is 0 Å². The standard InChI is InChI=1S/C10H5F6O2/c1-2-6-3-7(17-9(11,12)13)5-8(4-6)18-10(14,15)16/h3-5H,1H2. The average Bonchev–Trinajstić information content (AvgIpc) is 2.11. The van der Waals surface area contributed by atoms with E-state index in [0.717, 1.165) is 12.1 Å². The molecule has 0 aliphatic heterocycles. The fourth-order valence-corrected chi connectivity index (χ4v) is 1.06. The van der Waals surface area contributed by atoms with Crippen LogP contribution in [-0.4, -0.2) is 12.7 Å². The predicted molar refractivity (Wildman–Crippen MR) is 47.8 cm³/mol. The monoisotopic (exact) mass is 271 g/mol. The first-order chi connectivity index (χ1) is 8.09. The number of hydrogen-bond acceptors (Lipinski definition) is 2. The van der Waals surface area contributed by atoms with Crippen molar-refractivity contribution < 1.29 is 35.8 Å². The molecule has 1 aromatic rings. The number of ether oxygens (including phenoxy) is 2. The minimum absolute atomic E-state index is 0.129. The van der Waals surface area contributed by atoms with E-state index in [1.54, 1.807) is 0 Å². The van der Waals surface area contributed by atoms with Gasteiger partial charge < -0.3 is 9.47 Å². The topological polar surface area (TPSA) is 18.5 Å². The number of rotatable bonds is 3. The molecule has 0 heterocycles. The Morgan fingerprint density at radius 1 is 0.833 bits per heavy atom. The summed E-state index contributed by atoms with van der Waals surface area (Å²) < 4.78 is 78.5. The van der Waals surface area contributed by atoms with Crippen molar-refractivity contribution >= 4 is 0 Å². The third-order valence-corrected chi connectivity index (χ3v) is 1.55. The SMILES string of the molecule is C=[C]c1cc(OC(F)(F)F)cc(OC(F)(F)F)c1. The molecule has 0 aliphatic rings. The molecule has 0 N–H and O–H groups in total. The minimum atomic E-state index is -5.02. The molecule has 0 saturated carbocycles. The first kappa shape index (κ1) is 14.2.